The standard InChI is InChI=1S/C15H10ClNO2/c16-12-6-8-13(9-7-12)17-14(10-19-15(17)18)11-4-2-1-3-5-11/h1-10H. The maximum atomic E-state index is 11.9. The second kappa shape index (κ2) is 4.78. The van der Waals surface area contributed by atoms with Crippen LogP contribution in [0, 0.1) is 0 Å². The molecule has 0 fully saturated rings. The third kappa shape index (κ3) is 2.20. The van der Waals surface area contributed by atoms with Gasteiger partial charge in [0.05, 0.1) is 11.4 Å². The van der Waals surface area contributed by atoms with Gasteiger partial charge in [0.25, 0.3) is 0 Å². The maximum absolute atomic E-state index is 11.9. The van der Waals surface area contributed by atoms with Crippen molar-refractivity contribution in [2.75, 3.05) is 0 Å². The molecule has 0 aliphatic carbocycles. The molecule has 3 nitrogen and oxygen atoms in total. The lowest BCUT2D eigenvalue weighted by atomic mass is 10.1. The van der Waals surface area contributed by atoms with Crippen molar-refractivity contribution in [2.24, 2.45) is 0 Å². The van der Waals surface area contributed by atoms with Crippen molar-refractivity contribution in [1.29, 1.82) is 0 Å². The fourth-order valence-electron chi connectivity index (χ4n) is 1.95. The van der Waals surface area contributed by atoms with E-state index in [-0.39, 0.29) is 0 Å². The van der Waals surface area contributed by atoms with Crippen molar-refractivity contribution in [3.8, 4) is 16.9 Å². The Morgan fingerprint density at radius 2 is 1.63 bits per heavy atom. The van der Waals surface area contributed by atoms with Crippen molar-refractivity contribution in [3.63, 3.8) is 0 Å². The van der Waals surface area contributed by atoms with E-state index in [0.717, 1.165) is 11.3 Å². The second-order valence-corrected chi connectivity index (χ2v) is 4.50. The van der Waals surface area contributed by atoms with Gasteiger partial charge in [-0.15, -0.1) is 0 Å². The van der Waals surface area contributed by atoms with Gasteiger partial charge in [-0.25, -0.2) is 9.36 Å². The van der Waals surface area contributed by atoms with E-state index in [2.05, 4.69) is 0 Å². The van der Waals surface area contributed by atoms with Crippen LogP contribution in [-0.2, 0) is 0 Å². The molecule has 4 heteroatoms. The van der Waals surface area contributed by atoms with Gasteiger partial charge < -0.3 is 4.42 Å². The molecule has 0 unspecified atom stereocenters. The Hall–Kier alpha value is -2.26. The van der Waals surface area contributed by atoms with E-state index in [9.17, 15) is 4.79 Å². The van der Waals surface area contributed by atoms with E-state index < -0.39 is 5.76 Å². The maximum Gasteiger partial charge on any atom is 0.424 e. The molecule has 0 aliphatic rings. The number of oxazole rings is 1. The van der Waals surface area contributed by atoms with Crippen LogP contribution in [0.5, 0.6) is 0 Å². The van der Waals surface area contributed by atoms with Crippen LogP contribution in [0.15, 0.2) is 70.1 Å². The Labute approximate surface area is 114 Å². The topological polar surface area (TPSA) is 35.1 Å². The molecule has 0 bridgehead atoms. The SMILES string of the molecule is O=c1occ(-c2ccccc2)n1-c1ccc(Cl)cc1. The lowest BCUT2D eigenvalue weighted by Crippen LogP contribution is -2.12. The van der Waals surface area contributed by atoms with Gasteiger partial charge in [0.1, 0.15) is 6.26 Å². The Kier molecular flexibility index (Phi) is 2.97. The summed E-state index contributed by atoms with van der Waals surface area (Å²) < 4.78 is 6.53. The molecule has 0 radical (unpaired) electrons. The molecule has 0 aliphatic heterocycles. The van der Waals surface area contributed by atoms with Crippen LogP contribution in [-0.4, -0.2) is 4.57 Å². The molecule has 94 valence electrons. The first-order valence-corrected chi connectivity index (χ1v) is 6.15. The highest BCUT2D eigenvalue weighted by Gasteiger charge is 2.11. The average molecular weight is 272 g/mol. The number of nitrogens with zero attached hydrogens (tertiary/aromatic N) is 1. The van der Waals surface area contributed by atoms with Gasteiger partial charge in [-0.05, 0) is 24.3 Å². The summed E-state index contributed by atoms with van der Waals surface area (Å²) in [5.41, 5.74) is 2.36. The van der Waals surface area contributed by atoms with Gasteiger partial charge in [-0.3, -0.25) is 0 Å². The highest BCUT2D eigenvalue weighted by atomic mass is 35.5. The van der Waals surface area contributed by atoms with Crippen LogP contribution in [0.25, 0.3) is 16.9 Å². The molecule has 1 heterocycles. The van der Waals surface area contributed by atoms with Gasteiger partial charge in [-0.1, -0.05) is 41.9 Å². The smallest absolute Gasteiger partial charge is 0.415 e. The van der Waals surface area contributed by atoms with Crippen LogP contribution in [0.1, 0.15) is 0 Å². The van der Waals surface area contributed by atoms with Crippen molar-refractivity contribution in [2.45, 2.75) is 0 Å². The fourth-order valence-corrected chi connectivity index (χ4v) is 2.08. The fraction of sp³-hybridized carbons (Fsp3) is 0. The van der Waals surface area contributed by atoms with Crippen LogP contribution in [0.3, 0.4) is 0 Å². The van der Waals surface area contributed by atoms with E-state index in [1.807, 2.05) is 30.3 Å². The van der Waals surface area contributed by atoms with Crippen molar-refractivity contribution in [3.05, 3.63) is 76.4 Å². The Bertz CT molecular complexity index is 742. The highest BCUT2D eigenvalue weighted by molar-refractivity contribution is 6.30. The van der Waals surface area contributed by atoms with Gasteiger partial charge >= 0.3 is 5.76 Å². The van der Waals surface area contributed by atoms with E-state index in [4.69, 9.17) is 16.0 Å². The van der Waals surface area contributed by atoms with Crippen LogP contribution in [0.2, 0.25) is 5.02 Å². The average Bonchev–Trinajstić information content (AvgIpc) is 2.83. The van der Waals surface area contributed by atoms with E-state index in [1.165, 1.54) is 10.8 Å². The predicted octanol–water partition coefficient (Wildman–Crippen LogP) is 3.75. The Morgan fingerprint density at radius 1 is 0.947 bits per heavy atom. The molecule has 3 aromatic rings. The number of rotatable bonds is 2. The molecular formula is C15H10ClNO2. The molecule has 1 aromatic heterocycles. The molecule has 2 aromatic carbocycles. The molecule has 0 N–H and O–H groups in total. The molecule has 0 spiro atoms. The molecule has 3 rings (SSSR count). The lowest BCUT2D eigenvalue weighted by molar-refractivity contribution is 0.504. The summed E-state index contributed by atoms with van der Waals surface area (Å²) in [5.74, 6) is -0.416. The monoisotopic (exact) mass is 271 g/mol. The van der Waals surface area contributed by atoms with E-state index in [1.54, 1.807) is 24.3 Å². The van der Waals surface area contributed by atoms with Crippen molar-refractivity contribution < 1.29 is 4.42 Å². The third-order valence-corrected chi connectivity index (χ3v) is 3.10. The van der Waals surface area contributed by atoms with Gasteiger partial charge in [-0.2, -0.15) is 0 Å². The van der Waals surface area contributed by atoms with E-state index in [0.29, 0.717) is 10.7 Å². The van der Waals surface area contributed by atoms with Crippen LogP contribution in [0.4, 0.5) is 0 Å². The summed E-state index contributed by atoms with van der Waals surface area (Å²) >= 11 is 5.86. The second-order valence-electron chi connectivity index (χ2n) is 4.06. The van der Waals surface area contributed by atoms with Crippen LogP contribution < -0.4 is 5.76 Å². The Morgan fingerprint density at radius 3 is 2.32 bits per heavy atom. The molecule has 0 amide bonds. The van der Waals surface area contributed by atoms with Crippen molar-refractivity contribution >= 4 is 11.6 Å². The first-order valence-electron chi connectivity index (χ1n) is 5.77. The Balaban J connectivity index is 2.19. The number of aromatic nitrogens is 1. The van der Waals surface area contributed by atoms with Gasteiger partial charge in [0.15, 0.2) is 0 Å². The normalized spacial score (nSPS) is 10.6. The number of benzene rings is 2. The number of hydrogen-bond acceptors (Lipinski definition) is 2. The molecule has 19 heavy (non-hydrogen) atoms. The summed E-state index contributed by atoms with van der Waals surface area (Å²) in [6.45, 7) is 0. The number of halogens is 1. The first kappa shape index (κ1) is 11.8. The lowest BCUT2D eigenvalue weighted by Gasteiger charge is -2.06. The van der Waals surface area contributed by atoms with Crippen molar-refractivity contribution in [1.82, 2.24) is 4.57 Å². The van der Waals surface area contributed by atoms with Gasteiger partial charge in [0.2, 0.25) is 0 Å². The minimum atomic E-state index is -0.416. The summed E-state index contributed by atoms with van der Waals surface area (Å²) in [4.78, 5) is 11.9. The van der Waals surface area contributed by atoms with Gasteiger partial charge in [0, 0.05) is 10.6 Å². The van der Waals surface area contributed by atoms with E-state index >= 15 is 0 Å². The number of hydrogen-bond donors (Lipinski definition) is 0. The minimum Gasteiger partial charge on any atom is -0.415 e. The predicted molar refractivity (Wildman–Crippen MR) is 74.8 cm³/mol. The largest absolute Gasteiger partial charge is 0.424 e. The molecule has 0 saturated carbocycles. The summed E-state index contributed by atoms with van der Waals surface area (Å²) in [5, 5.41) is 0.626. The minimum absolute atomic E-state index is 0.416. The molecule has 0 saturated heterocycles. The first-order chi connectivity index (χ1) is 9.25. The third-order valence-electron chi connectivity index (χ3n) is 2.85. The molecule has 0 atom stereocenters. The summed E-state index contributed by atoms with van der Waals surface area (Å²) in [6.07, 6.45) is 1.46. The van der Waals surface area contributed by atoms with Crippen LogP contribution >= 0.6 is 11.6 Å². The summed E-state index contributed by atoms with van der Waals surface area (Å²) in [7, 11) is 0. The zero-order valence-electron chi connectivity index (χ0n) is 9.92. The highest BCUT2D eigenvalue weighted by Crippen LogP contribution is 2.22. The quantitative estimate of drug-likeness (QED) is 0.711. The summed E-state index contributed by atoms with van der Waals surface area (Å²) in [6, 6.07) is 16.7. The zero-order chi connectivity index (χ0) is 13.2. The molecular weight excluding hydrogens is 262 g/mol. The zero-order valence-corrected chi connectivity index (χ0v) is 10.7.